The number of hydrogen-bond donors (Lipinski definition) is 2. The molecule has 0 bridgehead atoms. The summed E-state index contributed by atoms with van der Waals surface area (Å²) in [6.45, 7) is 6.39. The van der Waals surface area contributed by atoms with Crippen LogP contribution in [0.5, 0.6) is 0 Å². The maximum Gasteiger partial charge on any atom is 0.251 e. The largest absolute Gasteiger partial charge is 0.350 e. The zero-order valence-corrected chi connectivity index (χ0v) is 13.7. The summed E-state index contributed by atoms with van der Waals surface area (Å²) in [5.74, 6) is 0.774. The molecule has 0 saturated heterocycles. The van der Waals surface area contributed by atoms with E-state index in [9.17, 15) is 9.59 Å². The molecule has 4 heteroatoms. The lowest BCUT2D eigenvalue weighted by atomic mass is 10.0. The van der Waals surface area contributed by atoms with Crippen LogP contribution in [0.15, 0.2) is 24.3 Å². The van der Waals surface area contributed by atoms with Gasteiger partial charge >= 0.3 is 0 Å². The number of amides is 2. The minimum absolute atomic E-state index is 0.0582. The van der Waals surface area contributed by atoms with Crippen molar-refractivity contribution in [3.05, 3.63) is 29.8 Å². The van der Waals surface area contributed by atoms with Crippen LogP contribution in [0.25, 0.3) is 0 Å². The summed E-state index contributed by atoms with van der Waals surface area (Å²) >= 11 is 0. The van der Waals surface area contributed by atoms with Crippen LogP contribution >= 0.6 is 0 Å². The maximum absolute atomic E-state index is 12.3. The minimum Gasteiger partial charge on any atom is -0.350 e. The van der Waals surface area contributed by atoms with E-state index in [1.807, 2.05) is 13.0 Å². The molecule has 0 spiro atoms. The van der Waals surface area contributed by atoms with Gasteiger partial charge in [0.15, 0.2) is 0 Å². The topological polar surface area (TPSA) is 58.2 Å². The molecule has 4 nitrogen and oxygen atoms in total. The first-order chi connectivity index (χ1) is 10.5. The monoisotopic (exact) mass is 302 g/mol. The van der Waals surface area contributed by atoms with Crippen molar-refractivity contribution in [3.63, 3.8) is 0 Å². The number of anilines is 1. The Hall–Kier alpha value is -1.84. The Morgan fingerprint density at radius 3 is 2.55 bits per heavy atom. The molecule has 1 fully saturated rings. The molecule has 1 aliphatic rings. The van der Waals surface area contributed by atoms with Gasteiger partial charge in [0.2, 0.25) is 5.91 Å². The fourth-order valence-electron chi connectivity index (χ4n) is 2.29. The van der Waals surface area contributed by atoms with Gasteiger partial charge in [-0.25, -0.2) is 0 Å². The molecule has 0 radical (unpaired) electrons. The second-order valence-electron chi connectivity index (χ2n) is 6.69. The lowest BCUT2D eigenvalue weighted by molar-refractivity contribution is -0.117. The Kier molecular flexibility index (Phi) is 5.58. The van der Waals surface area contributed by atoms with E-state index in [0.717, 1.165) is 25.7 Å². The Bertz CT molecular complexity index is 536. The Morgan fingerprint density at radius 1 is 1.18 bits per heavy atom. The van der Waals surface area contributed by atoms with Gasteiger partial charge in [-0.1, -0.05) is 19.9 Å². The van der Waals surface area contributed by atoms with Crippen LogP contribution < -0.4 is 10.6 Å². The van der Waals surface area contributed by atoms with Gasteiger partial charge in [0.25, 0.3) is 5.91 Å². The molecule has 2 rings (SSSR count). The molecular formula is C18H26N2O2. The van der Waals surface area contributed by atoms with Crippen molar-refractivity contribution in [3.8, 4) is 0 Å². The highest BCUT2D eigenvalue weighted by Gasteiger charge is 2.29. The molecule has 1 unspecified atom stereocenters. The van der Waals surface area contributed by atoms with Crippen LogP contribution in [0.1, 0.15) is 56.8 Å². The summed E-state index contributed by atoms with van der Waals surface area (Å²) in [6, 6.07) is 7.29. The van der Waals surface area contributed by atoms with Crippen molar-refractivity contribution in [2.45, 2.75) is 52.5 Å². The third kappa shape index (κ3) is 5.17. The lowest BCUT2D eigenvalue weighted by Crippen LogP contribution is -2.32. The normalized spacial score (nSPS) is 15.5. The quantitative estimate of drug-likeness (QED) is 0.808. The molecule has 1 saturated carbocycles. The molecule has 1 atom stereocenters. The summed E-state index contributed by atoms with van der Waals surface area (Å²) in [4.78, 5) is 24.0. The fraction of sp³-hybridized carbons (Fsp3) is 0.556. The van der Waals surface area contributed by atoms with E-state index >= 15 is 0 Å². The zero-order valence-electron chi connectivity index (χ0n) is 13.7. The highest BCUT2D eigenvalue weighted by Crippen LogP contribution is 2.30. The molecule has 0 aromatic heterocycles. The highest BCUT2D eigenvalue weighted by molar-refractivity contribution is 5.98. The number of benzene rings is 1. The van der Waals surface area contributed by atoms with Gasteiger partial charge in [-0.3, -0.25) is 9.59 Å². The molecule has 1 aromatic carbocycles. The van der Waals surface area contributed by atoms with Gasteiger partial charge in [-0.15, -0.1) is 0 Å². The van der Waals surface area contributed by atoms with E-state index in [-0.39, 0.29) is 23.8 Å². The predicted octanol–water partition coefficient (Wildman–Crippen LogP) is 3.59. The summed E-state index contributed by atoms with van der Waals surface area (Å²) in [5.41, 5.74) is 1.28. The molecule has 0 aliphatic heterocycles. The van der Waals surface area contributed by atoms with E-state index in [1.165, 1.54) is 0 Å². The first-order valence-corrected chi connectivity index (χ1v) is 8.17. The van der Waals surface area contributed by atoms with E-state index in [2.05, 4.69) is 24.5 Å². The third-order valence-corrected chi connectivity index (χ3v) is 3.89. The van der Waals surface area contributed by atoms with E-state index in [4.69, 9.17) is 0 Å². The molecule has 1 aromatic rings. The molecule has 1 aliphatic carbocycles. The van der Waals surface area contributed by atoms with Crippen molar-refractivity contribution in [1.29, 1.82) is 0 Å². The Balaban J connectivity index is 1.90. The fourth-order valence-corrected chi connectivity index (χ4v) is 2.29. The summed E-state index contributed by atoms with van der Waals surface area (Å²) in [6.07, 6.45) is 4.01. The molecular weight excluding hydrogens is 276 g/mol. The van der Waals surface area contributed by atoms with Gasteiger partial charge in [0.05, 0.1) is 0 Å². The van der Waals surface area contributed by atoms with Gasteiger partial charge < -0.3 is 10.6 Å². The van der Waals surface area contributed by atoms with Gasteiger partial charge in [0, 0.05) is 23.2 Å². The van der Waals surface area contributed by atoms with Crippen LogP contribution in [0.3, 0.4) is 0 Å². The molecule has 0 heterocycles. The SMILES string of the molecule is CC(C)CCC(C)NC(=O)c1cccc(NC(=O)C2CC2)c1. The summed E-state index contributed by atoms with van der Waals surface area (Å²) < 4.78 is 0. The second kappa shape index (κ2) is 7.43. The third-order valence-electron chi connectivity index (χ3n) is 3.89. The van der Waals surface area contributed by atoms with E-state index in [1.54, 1.807) is 18.2 Å². The van der Waals surface area contributed by atoms with Crippen LogP contribution in [-0.4, -0.2) is 17.9 Å². The van der Waals surface area contributed by atoms with Crippen molar-refractivity contribution < 1.29 is 9.59 Å². The molecule has 2 amide bonds. The van der Waals surface area contributed by atoms with Crippen LogP contribution in [0, 0.1) is 11.8 Å². The standard InChI is InChI=1S/C18H26N2O2/c1-12(2)7-8-13(3)19-18(22)15-5-4-6-16(11-15)20-17(21)14-9-10-14/h4-6,11-14H,7-10H2,1-3H3,(H,19,22)(H,20,21). The molecule has 22 heavy (non-hydrogen) atoms. The van der Waals surface area contributed by atoms with E-state index in [0.29, 0.717) is 17.2 Å². The van der Waals surface area contributed by atoms with Crippen LogP contribution in [0.2, 0.25) is 0 Å². The van der Waals surface area contributed by atoms with Crippen molar-refractivity contribution in [1.82, 2.24) is 5.32 Å². The number of nitrogens with one attached hydrogen (secondary N) is 2. The lowest BCUT2D eigenvalue weighted by Gasteiger charge is -2.15. The Morgan fingerprint density at radius 2 is 1.91 bits per heavy atom. The molecule has 120 valence electrons. The summed E-state index contributed by atoms with van der Waals surface area (Å²) in [7, 11) is 0. The first kappa shape index (κ1) is 16.5. The van der Waals surface area contributed by atoms with Crippen LogP contribution in [0.4, 0.5) is 5.69 Å². The Labute approximate surface area is 132 Å². The average molecular weight is 302 g/mol. The van der Waals surface area contributed by atoms with Crippen molar-refractivity contribution in [2.75, 3.05) is 5.32 Å². The van der Waals surface area contributed by atoms with Gasteiger partial charge in [-0.2, -0.15) is 0 Å². The number of rotatable bonds is 7. The molecule has 2 N–H and O–H groups in total. The van der Waals surface area contributed by atoms with Crippen molar-refractivity contribution >= 4 is 17.5 Å². The number of carbonyl (C=O) groups excluding carboxylic acids is 2. The zero-order chi connectivity index (χ0) is 16.1. The highest BCUT2D eigenvalue weighted by atomic mass is 16.2. The maximum atomic E-state index is 12.3. The number of carbonyl (C=O) groups is 2. The predicted molar refractivity (Wildman–Crippen MR) is 88.8 cm³/mol. The van der Waals surface area contributed by atoms with E-state index < -0.39 is 0 Å². The second-order valence-corrected chi connectivity index (χ2v) is 6.69. The first-order valence-electron chi connectivity index (χ1n) is 8.17. The number of hydrogen-bond acceptors (Lipinski definition) is 2. The van der Waals surface area contributed by atoms with Gasteiger partial charge in [-0.05, 0) is 56.7 Å². The van der Waals surface area contributed by atoms with Crippen LogP contribution in [-0.2, 0) is 4.79 Å². The smallest absolute Gasteiger partial charge is 0.251 e. The van der Waals surface area contributed by atoms with Crippen molar-refractivity contribution in [2.24, 2.45) is 11.8 Å². The minimum atomic E-state index is -0.0845. The summed E-state index contributed by atoms with van der Waals surface area (Å²) in [5, 5.41) is 5.89. The van der Waals surface area contributed by atoms with Gasteiger partial charge in [0.1, 0.15) is 0 Å². The average Bonchev–Trinajstić information content (AvgIpc) is 3.30.